The van der Waals surface area contributed by atoms with Crippen molar-refractivity contribution in [2.45, 2.75) is 32.1 Å². The van der Waals surface area contributed by atoms with Crippen LogP contribution < -0.4 is 10.7 Å². The molecule has 0 aromatic heterocycles. The van der Waals surface area contributed by atoms with Gasteiger partial charge in [0.15, 0.2) is 0 Å². The fourth-order valence-corrected chi connectivity index (χ4v) is 2.36. The van der Waals surface area contributed by atoms with Crippen LogP contribution >= 0.6 is 23.2 Å². The van der Waals surface area contributed by atoms with Crippen LogP contribution in [0.4, 0.5) is 5.69 Å². The lowest BCUT2D eigenvalue weighted by atomic mass is 9.99. The highest BCUT2D eigenvalue weighted by molar-refractivity contribution is 6.42. The molecule has 112 valence electrons. The van der Waals surface area contributed by atoms with Gasteiger partial charge in [0.05, 0.1) is 10.7 Å². The first-order valence-electron chi connectivity index (χ1n) is 6.68. The molecule has 1 aromatic carbocycles. The standard InChI is InChI=1S/C14H15Cl2N3O2/c15-9-6-7-11(16)12(8-9)17-13(20)14(21)19-18-10-4-2-1-3-5-10/h6-8H,1-5H2,(H,17,20)(H,19,21). The molecule has 0 atom stereocenters. The Bertz CT molecular complexity index is 580. The maximum Gasteiger partial charge on any atom is 0.329 e. The highest BCUT2D eigenvalue weighted by Crippen LogP contribution is 2.25. The van der Waals surface area contributed by atoms with Gasteiger partial charge in [-0.1, -0.05) is 29.6 Å². The minimum absolute atomic E-state index is 0.287. The Morgan fingerprint density at radius 1 is 1.05 bits per heavy atom. The molecule has 2 amide bonds. The number of hydrogen-bond acceptors (Lipinski definition) is 3. The van der Waals surface area contributed by atoms with Gasteiger partial charge in [-0.15, -0.1) is 0 Å². The fraction of sp³-hybridized carbons (Fsp3) is 0.357. The first kappa shape index (κ1) is 15.8. The number of amides is 2. The van der Waals surface area contributed by atoms with Crippen molar-refractivity contribution in [1.82, 2.24) is 5.43 Å². The summed E-state index contributed by atoms with van der Waals surface area (Å²) in [5.74, 6) is -1.66. The van der Waals surface area contributed by atoms with Gasteiger partial charge in [-0.3, -0.25) is 9.59 Å². The molecule has 5 nitrogen and oxygen atoms in total. The Hall–Kier alpha value is -1.59. The van der Waals surface area contributed by atoms with Gasteiger partial charge in [-0.2, -0.15) is 5.10 Å². The molecule has 2 rings (SSSR count). The van der Waals surface area contributed by atoms with E-state index >= 15 is 0 Å². The normalized spacial score (nSPS) is 14.5. The average Bonchev–Trinajstić information content (AvgIpc) is 2.49. The third-order valence-electron chi connectivity index (χ3n) is 3.13. The van der Waals surface area contributed by atoms with Crippen molar-refractivity contribution >= 4 is 46.4 Å². The summed E-state index contributed by atoms with van der Waals surface area (Å²) < 4.78 is 0. The van der Waals surface area contributed by atoms with Gasteiger partial charge in [0.2, 0.25) is 0 Å². The second-order valence-electron chi connectivity index (χ2n) is 4.76. The van der Waals surface area contributed by atoms with Gasteiger partial charge in [-0.05, 0) is 43.9 Å². The quantitative estimate of drug-likeness (QED) is 0.645. The van der Waals surface area contributed by atoms with E-state index in [4.69, 9.17) is 23.2 Å². The molecule has 0 saturated heterocycles. The summed E-state index contributed by atoms with van der Waals surface area (Å²) in [4.78, 5) is 23.4. The third kappa shape index (κ3) is 4.72. The van der Waals surface area contributed by atoms with Crippen LogP contribution in [-0.2, 0) is 9.59 Å². The highest BCUT2D eigenvalue weighted by atomic mass is 35.5. The molecule has 0 bridgehead atoms. The second kappa shape index (κ2) is 7.43. The number of nitrogens with one attached hydrogen (secondary N) is 2. The molecule has 0 aliphatic heterocycles. The first-order chi connectivity index (χ1) is 10.1. The molecule has 1 fully saturated rings. The van der Waals surface area contributed by atoms with Crippen LogP contribution in [0.2, 0.25) is 10.0 Å². The summed E-state index contributed by atoms with van der Waals surface area (Å²) in [5.41, 5.74) is 3.47. The van der Waals surface area contributed by atoms with Gasteiger partial charge in [0, 0.05) is 10.7 Å². The van der Waals surface area contributed by atoms with Crippen LogP contribution in [0.25, 0.3) is 0 Å². The molecular formula is C14H15Cl2N3O2. The maximum atomic E-state index is 11.8. The second-order valence-corrected chi connectivity index (χ2v) is 5.60. The Morgan fingerprint density at radius 3 is 2.48 bits per heavy atom. The first-order valence-corrected chi connectivity index (χ1v) is 7.43. The van der Waals surface area contributed by atoms with Gasteiger partial charge >= 0.3 is 11.8 Å². The summed E-state index contributed by atoms with van der Waals surface area (Å²) in [6.07, 6.45) is 5.04. The van der Waals surface area contributed by atoms with Crippen molar-refractivity contribution in [2.24, 2.45) is 5.10 Å². The summed E-state index contributed by atoms with van der Waals surface area (Å²) in [6, 6.07) is 4.61. The average molecular weight is 328 g/mol. The van der Waals surface area contributed by atoms with Crippen molar-refractivity contribution in [3.8, 4) is 0 Å². The van der Waals surface area contributed by atoms with Gasteiger partial charge in [-0.25, -0.2) is 5.43 Å². The summed E-state index contributed by atoms with van der Waals surface area (Å²) >= 11 is 11.7. The molecule has 1 aromatic rings. The lowest BCUT2D eigenvalue weighted by Crippen LogP contribution is -2.33. The van der Waals surface area contributed by atoms with E-state index in [9.17, 15) is 9.59 Å². The Kier molecular flexibility index (Phi) is 5.59. The van der Waals surface area contributed by atoms with Gasteiger partial charge in [0.25, 0.3) is 0 Å². The number of carbonyl (C=O) groups is 2. The Balaban J connectivity index is 1.93. The van der Waals surface area contributed by atoms with E-state index < -0.39 is 11.8 Å². The van der Waals surface area contributed by atoms with E-state index in [1.54, 1.807) is 12.1 Å². The molecule has 1 saturated carbocycles. The number of hydrazone groups is 1. The zero-order valence-corrected chi connectivity index (χ0v) is 12.8. The molecule has 0 spiro atoms. The summed E-state index contributed by atoms with van der Waals surface area (Å²) in [5, 5.41) is 7.10. The van der Waals surface area contributed by atoms with E-state index in [1.807, 2.05) is 0 Å². The molecular weight excluding hydrogens is 313 g/mol. The monoisotopic (exact) mass is 327 g/mol. The molecule has 2 N–H and O–H groups in total. The minimum Gasteiger partial charge on any atom is -0.316 e. The number of halogens is 2. The van der Waals surface area contributed by atoms with Crippen LogP contribution in [0, 0.1) is 0 Å². The number of rotatable bonds is 2. The topological polar surface area (TPSA) is 70.6 Å². The van der Waals surface area contributed by atoms with Crippen molar-refractivity contribution in [3.05, 3.63) is 28.2 Å². The van der Waals surface area contributed by atoms with Crippen molar-refractivity contribution in [1.29, 1.82) is 0 Å². The van der Waals surface area contributed by atoms with Crippen LogP contribution in [0.15, 0.2) is 23.3 Å². The van der Waals surface area contributed by atoms with Crippen LogP contribution in [-0.4, -0.2) is 17.5 Å². The molecule has 7 heteroatoms. The molecule has 1 aliphatic carbocycles. The summed E-state index contributed by atoms with van der Waals surface area (Å²) in [7, 11) is 0. The van der Waals surface area contributed by atoms with E-state index in [0.29, 0.717) is 10.0 Å². The summed E-state index contributed by atoms with van der Waals surface area (Å²) in [6.45, 7) is 0. The lowest BCUT2D eigenvalue weighted by Gasteiger charge is -2.12. The zero-order chi connectivity index (χ0) is 15.2. The number of anilines is 1. The van der Waals surface area contributed by atoms with E-state index in [0.717, 1.165) is 31.4 Å². The molecule has 21 heavy (non-hydrogen) atoms. The minimum atomic E-state index is -0.834. The number of hydrogen-bond donors (Lipinski definition) is 2. The van der Waals surface area contributed by atoms with E-state index in [-0.39, 0.29) is 5.69 Å². The largest absolute Gasteiger partial charge is 0.329 e. The SMILES string of the molecule is O=C(NN=C1CCCCC1)C(=O)Nc1cc(Cl)ccc1Cl. The van der Waals surface area contributed by atoms with Gasteiger partial charge in [0.1, 0.15) is 0 Å². The van der Waals surface area contributed by atoms with Gasteiger partial charge < -0.3 is 5.32 Å². The van der Waals surface area contributed by atoms with Crippen molar-refractivity contribution in [2.75, 3.05) is 5.32 Å². The zero-order valence-electron chi connectivity index (χ0n) is 11.3. The van der Waals surface area contributed by atoms with Crippen LogP contribution in [0.5, 0.6) is 0 Å². The predicted octanol–water partition coefficient (Wildman–Crippen LogP) is 3.37. The Labute approximate surface area is 132 Å². The maximum absolute atomic E-state index is 11.8. The molecule has 0 heterocycles. The predicted molar refractivity (Wildman–Crippen MR) is 83.8 cm³/mol. The molecule has 1 aliphatic rings. The number of carbonyl (C=O) groups excluding carboxylic acids is 2. The van der Waals surface area contributed by atoms with E-state index in [2.05, 4.69) is 15.8 Å². The van der Waals surface area contributed by atoms with Crippen molar-refractivity contribution < 1.29 is 9.59 Å². The number of benzene rings is 1. The van der Waals surface area contributed by atoms with Crippen molar-refractivity contribution in [3.63, 3.8) is 0 Å². The van der Waals surface area contributed by atoms with E-state index in [1.165, 1.54) is 12.5 Å². The Morgan fingerprint density at radius 2 is 1.76 bits per heavy atom. The smallest absolute Gasteiger partial charge is 0.316 e. The number of nitrogens with zero attached hydrogens (tertiary/aromatic N) is 1. The molecule has 0 unspecified atom stereocenters. The van der Waals surface area contributed by atoms with Crippen LogP contribution in [0.3, 0.4) is 0 Å². The molecule has 0 radical (unpaired) electrons. The highest BCUT2D eigenvalue weighted by Gasteiger charge is 2.15. The fourth-order valence-electron chi connectivity index (χ4n) is 2.02. The third-order valence-corrected chi connectivity index (χ3v) is 3.69. The van der Waals surface area contributed by atoms with Crippen LogP contribution in [0.1, 0.15) is 32.1 Å². The lowest BCUT2D eigenvalue weighted by molar-refractivity contribution is -0.136.